The van der Waals surface area contributed by atoms with Gasteiger partial charge >= 0.3 is 0 Å². The summed E-state index contributed by atoms with van der Waals surface area (Å²) in [6.45, 7) is 3.04. The van der Waals surface area contributed by atoms with Crippen molar-refractivity contribution in [1.82, 2.24) is 4.90 Å². The van der Waals surface area contributed by atoms with E-state index in [4.69, 9.17) is 16.5 Å². The molecular formula is C20H24NO3PS2. The second-order valence-electron chi connectivity index (χ2n) is 6.55. The summed E-state index contributed by atoms with van der Waals surface area (Å²) < 4.78 is 6.32. The Labute approximate surface area is 169 Å². The van der Waals surface area contributed by atoms with Crippen LogP contribution >= 0.6 is 17.1 Å². The van der Waals surface area contributed by atoms with E-state index in [9.17, 15) is 9.79 Å². The van der Waals surface area contributed by atoms with Gasteiger partial charge in [0, 0.05) is 23.6 Å². The quantitative estimate of drug-likeness (QED) is 0.485. The van der Waals surface area contributed by atoms with Gasteiger partial charge in [0.05, 0.1) is 0 Å². The first-order chi connectivity index (χ1) is 12.9. The highest BCUT2D eigenvalue weighted by Crippen LogP contribution is 2.52. The zero-order valence-electron chi connectivity index (χ0n) is 15.2. The summed E-state index contributed by atoms with van der Waals surface area (Å²) in [5.74, 6) is 1.35. The van der Waals surface area contributed by atoms with Crippen molar-refractivity contribution in [3.8, 4) is 16.9 Å². The van der Waals surface area contributed by atoms with Gasteiger partial charge in [0.1, 0.15) is 5.75 Å². The summed E-state index contributed by atoms with van der Waals surface area (Å²) in [7, 11) is 0. The molecule has 0 radical (unpaired) electrons. The van der Waals surface area contributed by atoms with E-state index in [1.165, 1.54) is 6.42 Å². The van der Waals surface area contributed by atoms with Gasteiger partial charge in [-0.3, -0.25) is 0 Å². The van der Waals surface area contributed by atoms with Crippen LogP contribution in [0.3, 0.4) is 0 Å². The van der Waals surface area contributed by atoms with E-state index in [0.29, 0.717) is 11.9 Å². The van der Waals surface area contributed by atoms with Crippen LogP contribution in [0, 0.1) is 0 Å². The highest BCUT2D eigenvalue weighted by atomic mass is 32.9. The third-order valence-corrected chi connectivity index (χ3v) is 7.06. The van der Waals surface area contributed by atoms with Crippen LogP contribution in [-0.2, 0) is 11.8 Å². The van der Waals surface area contributed by atoms with Crippen molar-refractivity contribution in [1.29, 1.82) is 0 Å². The van der Waals surface area contributed by atoms with E-state index in [-0.39, 0.29) is 0 Å². The molecule has 144 valence electrons. The van der Waals surface area contributed by atoms with Crippen molar-refractivity contribution in [2.75, 3.05) is 6.54 Å². The maximum Gasteiger partial charge on any atom is 0.246 e. The van der Waals surface area contributed by atoms with Crippen LogP contribution in [0.15, 0.2) is 65.9 Å². The SMILES string of the molecule is CC1CCCCN1C(=CSP(O)(O)=S)Oc1ccccc1-c1ccccc1. The molecule has 0 aromatic heterocycles. The molecule has 2 aromatic rings. The largest absolute Gasteiger partial charge is 0.440 e. The lowest BCUT2D eigenvalue weighted by Gasteiger charge is -2.36. The van der Waals surface area contributed by atoms with E-state index in [1.54, 1.807) is 5.41 Å². The van der Waals surface area contributed by atoms with Gasteiger partial charge in [-0.15, -0.1) is 0 Å². The fourth-order valence-electron chi connectivity index (χ4n) is 3.21. The van der Waals surface area contributed by atoms with Crippen molar-refractivity contribution in [3.05, 3.63) is 65.9 Å². The maximum absolute atomic E-state index is 9.66. The maximum atomic E-state index is 9.66. The highest BCUT2D eigenvalue weighted by molar-refractivity contribution is 8.68. The Balaban J connectivity index is 1.94. The summed E-state index contributed by atoms with van der Waals surface area (Å²) in [6, 6.07) is 18.3. The third-order valence-electron chi connectivity index (χ3n) is 4.56. The molecule has 1 saturated heterocycles. The number of hydrogen-bond acceptors (Lipinski definition) is 4. The zero-order chi connectivity index (χ0) is 19.3. The average molecular weight is 422 g/mol. The van der Waals surface area contributed by atoms with Crippen LogP contribution < -0.4 is 4.74 Å². The Morgan fingerprint density at radius 2 is 1.85 bits per heavy atom. The van der Waals surface area contributed by atoms with Gasteiger partial charge in [-0.1, -0.05) is 48.5 Å². The molecule has 0 saturated carbocycles. The molecule has 0 aliphatic carbocycles. The fraction of sp³-hybridized carbons (Fsp3) is 0.300. The van der Waals surface area contributed by atoms with Gasteiger partial charge < -0.3 is 19.4 Å². The second-order valence-corrected chi connectivity index (χ2v) is 12.4. The molecule has 1 unspecified atom stereocenters. The first-order valence-corrected chi connectivity index (χ1v) is 13.2. The van der Waals surface area contributed by atoms with Crippen LogP contribution in [0.1, 0.15) is 26.2 Å². The molecule has 0 bridgehead atoms. The molecule has 1 heterocycles. The smallest absolute Gasteiger partial charge is 0.246 e. The van der Waals surface area contributed by atoms with Gasteiger partial charge in [-0.05, 0) is 61.0 Å². The van der Waals surface area contributed by atoms with Crippen LogP contribution in [0.4, 0.5) is 0 Å². The average Bonchev–Trinajstić information content (AvgIpc) is 2.66. The predicted molar refractivity (Wildman–Crippen MR) is 117 cm³/mol. The number of rotatable bonds is 6. The van der Waals surface area contributed by atoms with Crippen molar-refractivity contribution in [3.63, 3.8) is 0 Å². The standard InChI is InChI=1S/C20H24NO3PS2/c1-16-9-7-8-14-21(16)20(15-27-25(22,23)26)24-19-13-6-5-12-18(19)17-10-3-2-4-11-17/h2-6,10-13,15-16H,7-9,14H2,1H3,(H2,22,23,26). The van der Waals surface area contributed by atoms with E-state index in [2.05, 4.69) is 11.8 Å². The normalized spacial score (nSPS) is 18.4. The number of piperidine rings is 1. The summed E-state index contributed by atoms with van der Waals surface area (Å²) in [6.07, 6.45) is 3.36. The van der Waals surface area contributed by atoms with Crippen molar-refractivity contribution >= 4 is 28.9 Å². The van der Waals surface area contributed by atoms with Crippen LogP contribution in [0.2, 0.25) is 0 Å². The lowest BCUT2D eigenvalue weighted by atomic mass is 10.0. The number of hydrogen-bond donors (Lipinski definition) is 2. The predicted octanol–water partition coefficient (Wildman–Crippen LogP) is 5.35. The fourth-order valence-corrected chi connectivity index (χ4v) is 4.69. The molecule has 1 aliphatic rings. The molecule has 27 heavy (non-hydrogen) atoms. The minimum atomic E-state index is -3.40. The molecule has 0 spiro atoms. The Hall–Kier alpha value is -1.30. The zero-order valence-corrected chi connectivity index (χ0v) is 17.7. The molecule has 1 fully saturated rings. The molecule has 1 aliphatic heterocycles. The number of ether oxygens (including phenoxy) is 1. The van der Waals surface area contributed by atoms with E-state index >= 15 is 0 Å². The number of nitrogens with zero attached hydrogens (tertiary/aromatic N) is 1. The highest BCUT2D eigenvalue weighted by Gasteiger charge is 2.23. The van der Waals surface area contributed by atoms with E-state index in [0.717, 1.165) is 47.6 Å². The number of benzene rings is 2. The summed E-state index contributed by atoms with van der Waals surface area (Å²) in [5.41, 5.74) is -1.34. The van der Waals surface area contributed by atoms with Gasteiger partial charge in [0.2, 0.25) is 11.6 Å². The summed E-state index contributed by atoms with van der Waals surface area (Å²) >= 11 is 5.63. The lowest BCUT2D eigenvalue weighted by Crippen LogP contribution is -2.38. The van der Waals surface area contributed by atoms with Gasteiger partial charge in [0.25, 0.3) is 0 Å². The minimum Gasteiger partial charge on any atom is -0.440 e. The molecule has 4 nitrogen and oxygen atoms in total. The van der Waals surface area contributed by atoms with Crippen LogP contribution in [-0.4, -0.2) is 27.3 Å². The number of likely N-dealkylation sites (tertiary alicyclic amines) is 1. The lowest BCUT2D eigenvalue weighted by molar-refractivity contribution is 0.138. The Kier molecular flexibility index (Phi) is 7.01. The van der Waals surface area contributed by atoms with Gasteiger partial charge in [-0.25, -0.2) is 0 Å². The molecule has 2 N–H and O–H groups in total. The molecule has 2 aromatic carbocycles. The second kappa shape index (κ2) is 9.26. The third kappa shape index (κ3) is 5.84. The minimum absolute atomic E-state index is 0.324. The first-order valence-electron chi connectivity index (χ1n) is 8.97. The first kappa shape index (κ1) is 20.4. The molecule has 7 heteroatoms. The van der Waals surface area contributed by atoms with Gasteiger partial charge in [0.15, 0.2) is 0 Å². The van der Waals surface area contributed by atoms with Crippen molar-refractivity contribution in [2.24, 2.45) is 0 Å². The molecule has 1 atom stereocenters. The molecule has 3 rings (SSSR count). The Bertz CT molecular complexity index is 838. The monoisotopic (exact) mass is 421 g/mol. The van der Waals surface area contributed by atoms with E-state index in [1.807, 2.05) is 54.6 Å². The summed E-state index contributed by atoms with van der Waals surface area (Å²) in [5, 5.41) is 1.66. The van der Waals surface area contributed by atoms with Crippen LogP contribution in [0.5, 0.6) is 5.75 Å². The Morgan fingerprint density at radius 3 is 2.56 bits per heavy atom. The molecule has 0 amide bonds. The van der Waals surface area contributed by atoms with Crippen molar-refractivity contribution < 1.29 is 14.5 Å². The Morgan fingerprint density at radius 1 is 1.15 bits per heavy atom. The van der Waals surface area contributed by atoms with Crippen molar-refractivity contribution in [2.45, 2.75) is 32.2 Å². The summed E-state index contributed by atoms with van der Waals surface area (Å²) in [4.78, 5) is 21.5. The van der Waals surface area contributed by atoms with Gasteiger partial charge in [-0.2, -0.15) is 0 Å². The van der Waals surface area contributed by atoms with Crippen LogP contribution in [0.25, 0.3) is 11.1 Å². The molecular weight excluding hydrogens is 397 g/mol. The topological polar surface area (TPSA) is 52.9 Å². The van der Waals surface area contributed by atoms with E-state index < -0.39 is 5.69 Å². The number of para-hydroxylation sites is 1.